The highest BCUT2D eigenvalue weighted by molar-refractivity contribution is 5.97. The van der Waals surface area contributed by atoms with Crippen molar-refractivity contribution in [2.24, 2.45) is 0 Å². The Hall–Kier alpha value is -1.59. The zero-order valence-corrected chi connectivity index (χ0v) is 16.7. The van der Waals surface area contributed by atoms with Gasteiger partial charge in [0.1, 0.15) is 18.0 Å². The number of hydrogen-bond donors (Lipinski definition) is 1. The highest BCUT2D eigenvalue weighted by Crippen LogP contribution is 2.33. The van der Waals surface area contributed by atoms with Crippen molar-refractivity contribution in [1.82, 2.24) is 4.90 Å². The minimum Gasteiger partial charge on any atom is -0.492 e. The molecule has 1 N–H and O–H groups in total. The van der Waals surface area contributed by atoms with E-state index < -0.39 is 5.60 Å². The predicted octanol–water partition coefficient (Wildman–Crippen LogP) is 4.23. The first-order valence-corrected chi connectivity index (χ1v) is 10.6. The smallest absolute Gasteiger partial charge is 0.256 e. The molecule has 0 aromatic heterocycles. The number of rotatable bonds is 8. The number of anilines is 1. The third-order valence-corrected chi connectivity index (χ3v) is 5.73. The molecule has 3 rings (SSSR count). The number of amides is 1. The summed E-state index contributed by atoms with van der Waals surface area (Å²) >= 11 is 0. The van der Waals surface area contributed by atoms with Crippen molar-refractivity contribution in [2.45, 2.75) is 63.9 Å². The molecule has 1 aliphatic heterocycles. The van der Waals surface area contributed by atoms with Crippen LogP contribution in [-0.4, -0.2) is 49.3 Å². The Morgan fingerprint density at radius 2 is 1.70 bits per heavy atom. The Kier molecular flexibility index (Phi) is 7.53. The Morgan fingerprint density at radius 1 is 1.04 bits per heavy atom. The Bertz CT molecular complexity index is 570. The molecule has 1 heterocycles. The fourth-order valence-electron chi connectivity index (χ4n) is 4.19. The average Bonchev–Trinajstić information content (AvgIpc) is 2.71. The monoisotopic (exact) mass is 374 g/mol. The molecular formula is C22H34N2O3. The number of benzene rings is 1. The quantitative estimate of drug-likeness (QED) is 0.740. The number of hydrogen-bond acceptors (Lipinski definition) is 4. The number of ether oxygens (including phenoxy) is 2. The van der Waals surface area contributed by atoms with E-state index >= 15 is 0 Å². The van der Waals surface area contributed by atoms with Gasteiger partial charge in [0.25, 0.3) is 5.91 Å². The second kappa shape index (κ2) is 10.1. The molecule has 1 saturated carbocycles. The van der Waals surface area contributed by atoms with Crippen molar-refractivity contribution in [1.29, 1.82) is 0 Å². The van der Waals surface area contributed by atoms with E-state index in [1.54, 1.807) is 0 Å². The van der Waals surface area contributed by atoms with Crippen LogP contribution in [0.3, 0.4) is 0 Å². The van der Waals surface area contributed by atoms with Crippen LogP contribution in [0.15, 0.2) is 24.3 Å². The third-order valence-electron chi connectivity index (χ3n) is 5.73. The van der Waals surface area contributed by atoms with Crippen molar-refractivity contribution in [3.63, 3.8) is 0 Å². The minimum absolute atomic E-state index is 0.0113. The maximum atomic E-state index is 12.8. The summed E-state index contributed by atoms with van der Waals surface area (Å²) in [4.78, 5) is 15.3. The van der Waals surface area contributed by atoms with Gasteiger partial charge < -0.3 is 14.8 Å². The lowest BCUT2D eigenvalue weighted by atomic mass is 9.83. The number of carbonyl (C=O) groups is 1. The van der Waals surface area contributed by atoms with Crippen LogP contribution in [0.5, 0.6) is 5.75 Å². The van der Waals surface area contributed by atoms with Gasteiger partial charge in [0.2, 0.25) is 0 Å². The summed E-state index contributed by atoms with van der Waals surface area (Å²) in [5, 5.41) is 3.04. The van der Waals surface area contributed by atoms with E-state index in [2.05, 4.69) is 10.2 Å². The molecule has 0 spiro atoms. The molecule has 1 aromatic rings. The van der Waals surface area contributed by atoms with Crippen LogP contribution in [0, 0.1) is 0 Å². The first-order valence-electron chi connectivity index (χ1n) is 10.6. The lowest BCUT2D eigenvalue weighted by Crippen LogP contribution is -2.47. The molecule has 27 heavy (non-hydrogen) atoms. The van der Waals surface area contributed by atoms with Crippen LogP contribution in [0.1, 0.15) is 58.3 Å². The molecule has 2 fully saturated rings. The van der Waals surface area contributed by atoms with E-state index in [0.29, 0.717) is 13.2 Å². The summed E-state index contributed by atoms with van der Waals surface area (Å²) < 4.78 is 11.8. The van der Waals surface area contributed by atoms with Gasteiger partial charge in [0, 0.05) is 18.8 Å². The van der Waals surface area contributed by atoms with Crippen molar-refractivity contribution >= 4 is 11.6 Å². The summed E-state index contributed by atoms with van der Waals surface area (Å²) in [7, 11) is 0. The van der Waals surface area contributed by atoms with Gasteiger partial charge in [-0.1, -0.05) is 25.7 Å². The maximum Gasteiger partial charge on any atom is 0.256 e. The average molecular weight is 375 g/mol. The van der Waals surface area contributed by atoms with Gasteiger partial charge in [-0.3, -0.25) is 9.69 Å². The summed E-state index contributed by atoms with van der Waals surface area (Å²) in [6, 6.07) is 7.69. The second-order valence-electron chi connectivity index (χ2n) is 7.72. The van der Waals surface area contributed by atoms with Crippen molar-refractivity contribution < 1.29 is 14.3 Å². The van der Waals surface area contributed by atoms with Gasteiger partial charge >= 0.3 is 0 Å². The van der Waals surface area contributed by atoms with Crippen LogP contribution >= 0.6 is 0 Å². The summed E-state index contributed by atoms with van der Waals surface area (Å²) in [5.41, 5.74) is 0.143. The molecular weight excluding hydrogens is 340 g/mol. The molecule has 150 valence electrons. The van der Waals surface area contributed by atoms with E-state index in [1.165, 1.54) is 38.8 Å². The van der Waals surface area contributed by atoms with Crippen LogP contribution in [0.25, 0.3) is 0 Å². The van der Waals surface area contributed by atoms with Crippen LogP contribution in [-0.2, 0) is 9.53 Å². The van der Waals surface area contributed by atoms with Gasteiger partial charge in [0.15, 0.2) is 0 Å². The van der Waals surface area contributed by atoms with E-state index in [0.717, 1.165) is 43.7 Å². The molecule has 1 aliphatic carbocycles. The first-order chi connectivity index (χ1) is 13.2. The van der Waals surface area contributed by atoms with E-state index in [9.17, 15) is 4.79 Å². The molecule has 0 atom stereocenters. The number of piperidine rings is 1. The Labute approximate surface area is 163 Å². The van der Waals surface area contributed by atoms with Crippen molar-refractivity contribution in [2.75, 3.05) is 38.2 Å². The fraction of sp³-hybridized carbons (Fsp3) is 0.682. The van der Waals surface area contributed by atoms with Gasteiger partial charge in [-0.2, -0.15) is 0 Å². The molecule has 1 aromatic carbocycles. The molecule has 5 nitrogen and oxygen atoms in total. The zero-order chi connectivity index (χ0) is 19.0. The Morgan fingerprint density at radius 3 is 2.37 bits per heavy atom. The molecule has 2 aliphatic rings. The van der Waals surface area contributed by atoms with Gasteiger partial charge in [0.05, 0.1) is 0 Å². The highest BCUT2D eigenvalue weighted by atomic mass is 16.5. The summed E-state index contributed by atoms with van der Waals surface area (Å²) in [6.45, 7) is 6.59. The Balaban J connectivity index is 1.48. The number of nitrogens with zero attached hydrogens (tertiary/aromatic N) is 1. The number of carbonyl (C=O) groups excluding carboxylic acids is 1. The zero-order valence-electron chi connectivity index (χ0n) is 16.7. The normalized spacial score (nSPS) is 20.2. The molecule has 1 saturated heterocycles. The van der Waals surface area contributed by atoms with E-state index in [1.807, 2.05) is 31.2 Å². The van der Waals surface area contributed by atoms with Crippen molar-refractivity contribution in [3.05, 3.63) is 24.3 Å². The minimum atomic E-state index is -0.656. The first kappa shape index (κ1) is 20.2. The molecule has 0 unspecified atom stereocenters. The fourth-order valence-corrected chi connectivity index (χ4v) is 4.19. The number of likely N-dealkylation sites (tertiary alicyclic amines) is 1. The molecule has 1 amide bonds. The van der Waals surface area contributed by atoms with E-state index in [-0.39, 0.29) is 5.91 Å². The molecule has 0 radical (unpaired) electrons. The highest BCUT2D eigenvalue weighted by Gasteiger charge is 2.40. The largest absolute Gasteiger partial charge is 0.492 e. The standard InChI is InChI=1S/C22H34N2O3/c1-2-27-22(13-5-3-6-14-22)21(25)23-19-9-11-20(12-10-19)26-18-17-24-15-7-4-8-16-24/h9-12H,2-8,13-18H2,1H3,(H,23,25). The SMILES string of the molecule is CCOC1(C(=O)Nc2ccc(OCCN3CCCCC3)cc2)CCCCC1. The predicted molar refractivity (Wildman–Crippen MR) is 108 cm³/mol. The lowest BCUT2D eigenvalue weighted by molar-refractivity contribution is -0.145. The van der Waals surface area contributed by atoms with Crippen LogP contribution in [0.4, 0.5) is 5.69 Å². The molecule has 0 bridgehead atoms. The summed E-state index contributed by atoms with van der Waals surface area (Å²) in [6.07, 6.45) is 8.87. The third kappa shape index (κ3) is 5.69. The van der Waals surface area contributed by atoms with Crippen LogP contribution in [0.2, 0.25) is 0 Å². The van der Waals surface area contributed by atoms with E-state index in [4.69, 9.17) is 9.47 Å². The molecule has 5 heteroatoms. The van der Waals surface area contributed by atoms with Gasteiger partial charge in [-0.25, -0.2) is 0 Å². The maximum absolute atomic E-state index is 12.8. The van der Waals surface area contributed by atoms with Gasteiger partial charge in [-0.05, 0) is 70.0 Å². The van der Waals surface area contributed by atoms with Gasteiger partial charge in [-0.15, -0.1) is 0 Å². The number of nitrogens with one attached hydrogen (secondary N) is 1. The second-order valence-corrected chi connectivity index (χ2v) is 7.72. The topological polar surface area (TPSA) is 50.8 Å². The summed E-state index contributed by atoms with van der Waals surface area (Å²) in [5.74, 6) is 0.838. The van der Waals surface area contributed by atoms with Crippen molar-refractivity contribution in [3.8, 4) is 5.75 Å². The lowest BCUT2D eigenvalue weighted by Gasteiger charge is -2.35. The van der Waals surface area contributed by atoms with Crippen LogP contribution < -0.4 is 10.1 Å².